The predicted molar refractivity (Wildman–Crippen MR) is 123 cm³/mol. The van der Waals surface area contributed by atoms with Crippen molar-refractivity contribution in [2.24, 2.45) is 0 Å². The highest BCUT2D eigenvalue weighted by Crippen LogP contribution is 2.40. The molecule has 7 heteroatoms. The number of ether oxygens (including phenoxy) is 2. The fraction of sp³-hybridized carbons (Fsp3) is 0.269. The van der Waals surface area contributed by atoms with E-state index in [9.17, 15) is 14.4 Å². The molecule has 3 heterocycles. The van der Waals surface area contributed by atoms with Crippen molar-refractivity contribution in [3.05, 3.63) is 76.2 Å². The summed E-state index contributed by atoms with van der Waals surface area (Å²) in [5, 5.41) is 0.476. The van der Waals surface area contributed by atoms with Crippen LogP contribution in [0.3, 0.4) is 0 Å². The van der Waals surface area contributed by atoms with Crippen LogP contribution in [0.1, 0.15) is 35.2 Å². The summed E-state index contributed by atoms with van der Waals surface area (Å²) in [6.45, 7) is 0.933. The van der Waals surface area contributed by atoms with Crippen molar-refractivity contribution >= 4 is 28.7 Å². The monoisotopic (exact) mass is 445 g/mol. The van der Waals surface area contributed by atoms with Crippen LogP contribution in [-0.4, -0.2) is 42.4 Å². The summed E-state index contributed by atoms with van der Waals surface area (Å²) in [6, 6.07) is 12.2. The fourth-order valence-corrected chi connectivity index (χ4v) is 4.49. The van der Waals surface area contributed by atoms with Crippen LogP contribution in [-0.2, 0) is 4.79 Å². The van der Waals surface area contributed by atoms with E-state index >= 15 is 0 Å². The summed E-state index contributed by atoms with van der Waals surface area (Å²) in [6.07, 6.45) is 5.66. The number of methoxy groups -OCH3 is 1. The molecule has 1 saturated heterocycles. The molecule has 5 rings (SSSR count). The Bertz CT molecular complexity index is 1330. The smallest absolute Gasteiger partial charge is 0.246 e. The van der Waals surface area contributed by atoms with Gasteiger partial charge in [0.05, 0.1) is 30.0 Å². The minimum atomic E-state index is -0.599. The molecule has 2 aliphatic rings. The zero-order valence-electron chi connectivity index (χ0n) is 18.2. The second-order valence-corrected chi connectivity index (χ2v) is 8.42. The van der Waals surface area contributed by atoms with Crippen molar-refractivity contribution in [3.8, 4) is 11.5 Å². The molecule has 2 aromatic carbocycles. The van der Waals surface area contributed by atoms with E-state index in [2.05, 4.69) is 0 Å². The van der Waals surface area contributed by atoms with E-state index in [0.717, 1.165) is 0 Å². The zero-order valence-corrected chi connectivity index (χ0v) is 18.2. The second kappa shape index (κ2) is 8.24. The SMILES string of the molecule is COc1ccc2c(c1)C(=O)CC1(CCN(C(=O)/C=C/c3coc4ccccc4c3=O)CC1)O2. The third-order valence-electron chi connectivity index (χ3n) is 6.39. The van der Waals surface area contributed by atoms with Crippen LogP contribution >= 0.6 is 0 Å². The van der Waals surface area contributed by atoms with Crippen molar-refractivity contribution in [2.75, 3.05) is 20.2 Å². The van der Waals surface area contributed by atoms with Gasteiger partial charge in [-0.3, -0.25) is 14.4 Å². The Morgan fingerprint density at radius 1 is 1.12 bits per heavy atom. The Kier molecular flexibility index (Phi) is 5.24. The third kappa shape index (κ3) is 3.91. The summed E-state index contributed by atoms with van der Waals surface area (Å²) >= 11 is 0. The lowest BCUT2D eigenvalue weighted by Crippen LogP contribution is -2.52. The van der Waals surface area contributed by atoms with E-state index in [4.69, 9.17) is 13.9 Å². The lowest BCUT2D eigenvalue weighted by molar-refractivity contribution is -0.129. The normalized spacial score (nSPS) is 17.2. The summed E-state index contributed by atoms with van der Waals surface area (Å²) in [7, 11) is 1.56. The number of carbonyl (C=O) groups is 2. The number of hydrogen-bond donors (Lipinski definition) is 0. The highest BCUT2D eigenvalue weighted by atomic mass is 16.5. The van der Waals surface area contributed by atoms with Gasteiger partial charge in [0.15, 0.2) is 11.2 Å². The summed E-state index contributed by atoms with van der Waals surface area (Å²) in [4.78, 5) is 39.8. The molecule has 0 saturated carbocycles. The van der Waals surface area contributed by atoms with Crippen LogP contribution in [0.5, 0.6) is 11.5 Å². The van der Waals surface area contributed by atoms with E-state index in [1.165, 1.54) is 18.4 Å². The average molecular weight is 445 g/mol. The number of nitrogens with zero attached hydrogens (tertiary/aromatic N) is 1. The number of fused-ring (bicyclic) bond motifs is 2. The molecule has 1 amide bonds. The zero-order chi connectivity index (χ0) is 23.0. The molecule has 0 unspecified atom stereocenters. The molecule has 1 spiro atoms. The molecule has 33 heavy (non-hydrogen) atoms. The van der Waals surface area contributed by atoms with Crippen LogP contribution in [0.4, 0.5) is 0 Å². The van der Waals surface area contributed by atoms with Crippen LogP contribution in [0.25, 0.3) is 17.0 Å². The number of likely N-dealkylation sites (tertiary alicyclic amines) is 1. The third-order valence-corrected chi connectivity index (χ3v) is 6.39. The molecule has 0 radical (unpaired) electrons. The highest BCUT2D eigenvalue weighted by molar-refractivity contribution is 6.01. The van der Waals surface area contributed by atoms with Gasteiger partial charge in [-0.15, -0.1) is 0 Å². The molecule has 0 bridgehead atoms. The molecule has 0 aliphatic carbocycles. The number of rotatable bonds is 3. The quantitative estimate of drug-likeness (QED) is 0.570. The summed E-state index contributed by atoms with van der Waals surface area (Å²) in [5.74, 6) is 1.02. The molecule has 2 aliphatic heterocycles. The van der Waals surface area contributed by atoms with E-state index in [1.807, 2.05) is 0 Å². The molecule has 0 N–H and O–H groups in total. The lowest BCUT2D eigenvalue weighted by atomic mass is 9.82. The second-order valence-electron chi connectivity index (χ2n) is 8.42. The first-order valence-corrected chi connectivity index (χ1v) is 10.9. The van der Waals surface area contributed by atoms with Crippen molar-refractivity contribution in [2.45, 2.75) is 24.9 Å². The standard InChI is InChI=1S/C26H23NO6/c1-31-18-7-8-23-20(14-18)21(28)15-26(33-23)10-12-27(13-11-26)24(29)9-6-17-16-32-22-5-3-2-4-19(22)25(17)30/h2-9,14,16H,10-13,15H2,1H3/b9-6+. The average Bonchev–Trinajstić information content (AvgIpc) is 2.84. The molecule has 7 nitrogen and oxygen atoms in total. The van der Waals surface area contributed by atoms with E-state index in [0.29, 0.717) is 59.5 Å². The minimum absolute atomic E-state index is 0.0258. The van der Waals surface area contributed by atoms with Crippen LogP contribution < -0.4 is 14.9 Å². The van der Waals surface area contributed by atoms with Gasteiger partial charge in [0, 0.05) is 32.0 Å². The Hall–Kier alpha value is -3.87. The van der Waals surface area contributed by atoms with Gasteiger partial charge in [0.1, 0.15) is 28.9 Å². The Balaban J connectivity index is 1.27. The maximum Gasteiger partial charge on any atom is 0.246 e. The predicted octanol–water partition coefficient (Wildman–Crippen LogP) is 3.84. The van der Waals surface area contributed by atoms with E-state index in [1.54, 1.807) is 54.5 Å². The molecule has 1 fully saturated rings. The van der Waals surface area contributed by atoms with Crippen molar-refractivity contribution in [1.82, 2.24) is 4.90 Å². The maximum atomic E-state index is 12.8. The van der Waals surface area contributed by atoms with Gasteiger partial charge in [-0.05, 0) is 36.4 Å². The van der Waals surface area contributed by atoms with Gasteiger partial charge in [0.2, 0.25) is 5.91 Å². The first-order valence-electron chi connectivity index (χ1n) is 10.9. The van der Waals surface area contributed by atoms with Gasteiger partial charge in [-0.25, -0.2) is 0 Å². The number of piperidine rings is 1. The van der Waals surface area contributed by atoms with Crippen LogP contribution in [0.15, 0.2) is 64.0 Å². The number of para-hydroxylation sites is 1. The summed E-state index contributed by atoms with van der Waals surface area (Å²) in [5.41, 5.74) is 0.593. The number of Topliss-reactive ketones (excluding diaryl/α,β-unsaturated/α-hetero) is 1. The van der Waals surface area contributed by atoms with Crippen molar-refractivity contribution < 1.29 is 23.5 Å². The number of ketones is 1. The fourth-order valence-electron chi connectivity index (χ4n) is 4.49. The Labute approximate surface area is 190 Å². The molecule has 1 aromatic heterocycles. The number of hydrogen-bond acceptors (Lipinski definition) is 6. The molecular weight excluding hydrogens is 422 g/mol. The van der Waals surface area contributed by atoms with E-state index < -0.39 is 5.60 Å². The van der Waals surface area contributed by atoms with Crippen molar-refractivity contribution in [3.63, 3.8) is 0 Å². The van der Waals surface area contributed by atoms with Crippen LogP contribution in [0.2, 0.25) is 0 Å². The number of carbonyl (C=O) groups excluding carboxylic acids is 2. The minimum Gasteiger partial charge on any atom is -0.497 e. The van der Waals surface area contributed by atoms with Crippen LogP contribution in [0, 0.1) is 0 Å². The van der Waals surface area contributed by atoms with Gasteiger partial charge in [-0.1, -0.05) is 12.1 Å². The molecule has 168 valence electrons. The first-order chi connectivity index (χ1) is 16.0. The molecular formula is C26H23NO6. The van der Waals surface area contributed by atoms with Gasteiger partial charge < -0.3 is 18.8 Å². The first kappa shape index (κ1) is 21.0. The maximum absolute atomic E-state index is 12.8. The molecule has 0 atom stereocenters. The largest absolute Gasteiger partial charge is 0.497 e. The Morgan fingerprint density at radius 3 is 2.70 bits per heavy atom. The number of amides is 1. The van der Waals surface area contributed by atoms with E-state index in [-0.39, 0.29) is 23.5 Å². The number of benzene rings is 2. The highest BCUT2D eigenvalue weighted by Gasteiger charge is 2.43. The lowest BCUT2D eigenvalue weighted by Gasteiger charge is -2.43. The van der Waals surface area contributed by atoms with Gasteiger partial charge in [-0.2, -0.15) is 0 Å². The van der Waals surface area contributed by atoms with Gasteiger partial charge >= 0.3 is 0 Å². The summed E-state index contributed by atoms with van der Waals surface area (Å²) < 4.78 is 17.0. The van der Waals surface area contributed by atoms with Crippen molar-refractivity contribution in [1.29, 1.82) is 0 Å². The van der Waals surface area contributed by atoms with Gasteiger partial charge in [0.25, 0.3) is 0 Å². The Morgan fingerprint density at radius 2 is 1.91 bits per heavy atom. The molecule has 3 aromatic rings. The topological polar surface area (TPSA) is 86.0 Å².